The maximum atomic E-state index is 12.4. The Balaban J connectivity index is 1.84. The van der Waals surface area contributed by atoms with E-state index >= 15 is 0 Å². The van der Waals surface area contributed by atoms with Gasteiger partial charge in [-0.2, -0.15) is 5.10 Å². The van der Waals surface area contributed by atoms with E-state index < -0.39 is 0 Å². The first kappa shape index (κ1) is 23.4. The predicted molar refractivity (Wildman–Crippen MR) is 117 cm³/mol. The average Bonchev–Trinajstić information content (AvgIpc) is 2.84. The van der Waals surface area contributed by atoms with Crippen LogP contribution in [0, 0.1) is 5.92 Å². The number of rotatable bonds is 8. The monoisotopic (exact) mass is 405 g/mol. The molecule has 2 bridgehead atoms. The normalized spacial score (nSPS) is 25.1. The summed E-state index contributed by atoms with van der Waals surface area (Å²) >= 11 is 0. The van der Waals surface area contributed by atoms with Crippen LogP contribution >= 0.6 is 0 Å². The second kappa shape index (κ2) is 9.74. The SMILES string of the molecule is C=NN(/C=C(\C)C(=O)NC[C@@H]1C[C@H]2CC[C@@H](C1)N2CC(=O)NC(C)(C)C)C(C)C. The molecule has 0 aliphatic carbocycles. The van der Waals surface area contributed by atoms with E-state index in [4.69, 9.17) is 0 Å². The second-order valence-electron chi connectivity index (χ2n) is 9.83. The van der Waals surface area contributed by atoms with E-state index in [1.165, 1.54) is 0 Å². The quantitative estimate of drug-likeness (QED) is 0.370. The molecule has 3 atom stereocenters. The van der Waals surface area contributed by atoms with E-state index in [-0.39, 0.29) is 23.4 Å². The van der Waals surface area contributed by atoms with Crippen LogP contribution in [-0.2, 0) is 9.59 Å². The summed E-state index contributed by atoms with van der Waals surface area (Å²) in [7, 11) is 0. The Labute approximate surface area is 176 Å². The van der Waals surface area contributed by atoms with Gasteiger partial charge >= 0.3 is 0 Å². The van der Waals surface area contributed by atoms with Gasteiger partial charge in [-0.25, -0.2) is 0 Å². The Hall–Kier alpha value is -1.89. The molecule has 2 fully saturated rings. The number of amides is 2. The molecule has 0 aromatic heterocycles. The minimum absolute atomic E-state index is 0.0568. The molecule has 7 heteroatoms. The lowest BCUT2D eigenvalue weighted by molar-refractivity contribution is -0.125. The summed E-state index contributed by atoms with van der Waals surface area (Å²) in [4.78, 5) is 27.2. The van der Waals surface area contributed by atoms with Crippen molar-refractivity contribution in [2.45, 2.75) is 90.9 Å². The van der Waals surface area contributed by atoms with Crippen molar-refractivity contribution in [3.05, 3.63) is 11.8 Å². The van der Waals surface area contributed by atoms with Crippen molar-refractivity contribution < 1.29 is 9.59 Å². The summed E-state index contributed by atoms with van der Waals surface area (Å²) in [6.45, 7) is 16.5. The van der Waals surface area contributed by atoms with Crippen molar-refractivity contribution in [3.63, 3.8) is 0 Å². The van der Waals surface area contributed by atoms with E-state index in [9.17, 15) is 9.59 Å². The zero-order valence-electron chi connectivity index (χ0n) is 19.0. The zero-order chi connectivity index (χ0) is 21.8. The Kier molecular flexibility index (Phi) is 7.86. The number of carbonyl (C=O) groups is 2. The van der Waals surface area contributed by atoms with Gasteiger partial charge in [0.15, 0.2) is 0 Å². The van der Waals surface area contributed by atoms with Crippen LogP contribution in [0.2, 0.25) is 0 Å². The van der Waals surface area contributed by atoms with Crippen molar-refractivity contribution in [1.82, 2.24) is 20.5 Å². The number of hydrazone groups is 1. The first-order valence-electron chi connectivity index (χ1n) is 10.8. The van der Waals surface area contributed by atoms with Crippen molar-refractivity contribution >= 4 is 18.5 Å². The number of piperidine rings is 1. The molecule has 0 aromatic carbocycles. The van der Waals surface area contributed by atoms with Gasteiger partial charge < -0.3 is 10.6 Å². The molecule has 2 rings (SSSR count). The van der Waals surface area contributed by atoms with Gasteiger partial charge in [0.2, 0.25) is 11.8 Å². The molecule has 0 unspecified atom stereocenters. The smallest absolute Gasteiger partial charge is 0.248 e. The summed E-state index contributed by atoms with van der Waals surface area (Å²) in [6, 6.07) is 1.05. The van der Waals surface area contributed by atoms with Crippen LogP contribution in [0.1, 0.15) is 67.2 Å². The Morgan fingerprint density at radius 2 is 1.83 bits per heavy atom. The molecule has 29 heavy (non-hydrogen) atoms. The van der Waals surface area contributed by atoms with Crippen LogP contribution in [0.5, 0.6) is 0 Å². The second-order valence-corrected chi connectivity index (χ2v) is 9.83. The lowest BCUT2D eigenvalue weighted by atomic mass is 9.90. The fraction of sp³-hybridized carbons (Fsp3) is 0.773. The van der Waals surface area contributed by atoms with Gasteiger partial charge in [-0.15, -0.1) is 0 Å². The predicted octanol–water partition coefficient (Wildman–Crippen LogP) is 2.49. The number of hydrogen-bond donors (Lipinski definition) is 2. The molecular weight excluding hydrogens is 366 g/mol. The van der Waals surface area contributed by atoms with E-state index in [2.05, 4.69) is 27.4 Å². The van der Waals surface area contributed by atoms with Gasteiger partial charge in [0.25, 0.3) is 0 Å². The number of nitrogens with zero attached hydrogens (tertiary/aromatic N) is 3. The van der Waals surface area contributed by atoms with Gasteiger partial charge in [-0.3, -0.25) is 19.5 Å². The van der Waals surface area contributed by atoms with Gasteiger partial charge in [-0.05, 0) is 73.1 Å². The van der Waals surface area contributed by atoms with E-state index in [1.54, 1.807) is 18.1 Å². The highest BCUT2D eigenvalue weighted by molar-refractivity contribution is 5.92. The van der Waals surface area contributed by atoms with Crippen LogP contribution in [0.4, 0.5) is 0 Å². The maximum absolute atomic E-state index is 12.4. The van der Waals surface area contributed by atoms with Gasteiger partial charge in [0.1, 0.15) is 0 Å². The molecule has 0 spiro atoms. The van der Waals surface area contributed by atoms with Crippen LogP contribution < -0.4 is 10.6 Å². The van der Waals surface area contributed by atoms with Gasteiger partial charge in [0.05, 0.1) is 6.54 Å². The van der Waals surface area contributed by atoms with E-state index in [0.717, 1.165) is 25.7 Å². The molecule has 0 radical (unpaired) electrons. The first-order valence-corrected chi connectivity index (χ1v) is 10.8. The fourth-order valence-electron chi connectivity index (χ4n) is 4.42. The Morgan fingerprint density at radius 3 is 2.31 bits per heavy atom. The van der Waals surface area contributed by atoms with Crippen molar-refractivity contribution in [3.8, 4) is 0 Å². The summed E-state index contributed by atoms with van der Waals surface area (Å²) in [6.07, 6.45) is 6.10. The van der Waals surface area contributed by atoms with Crippen molar-refractivity contribution in [1.29, 1.82) is 0 Å². The molecule has 164 valence electrons. The molecule has 2 saturated heterocycles. The highest BCUT2D eigenvalue weighted by Crippen LogP contribution is 2.38. The average molecular weight is 406 g/mol. The molecule has 7 nitrogen and oxygen atoms in total. The lowest BCUT2D eigenvalue weighted by Crippen LogP contribution is -2.52. The van der Waals surface area contributed by atoms with Crippen LogP contribution in [0.3, 0.4) is 0 Å². The number of hydrogen-bond acceptors (Lipinski definition) is 5. The zero-order valence-corrected chi connectivity index (χ0v) is 19.0. The van der Waals surface area contributed by atoms with Gasteiger partial charge in [0, 0.05) is 48.7 Å². The molecule has 2 N–H and O–H groups in total. The summed E-state index contributed by atoms with van der Waals surface area (Å²) in [5.74, 6) is 0.510. The molecule has 0 saturated carbocycles. The van der Waals surface area contributed by atoms with Crippen molar-refractivity contribution in [2.75, 3.05) is 13.1 Å². The van der Waals surface area contributed by atoms with E-state index in [0.29, 0.717) is 36.7 Å². The molecule has 2 amide bonds. The molecule has 2 aliphatic heterocycles. The summed E-state index contributed by atoms with van der Waals surface area (Å²) in [5, 5.41) is 11.8. The Morgan fingerprint density at radius 1 is 1.24 bits per heavy atom. The molecule has 0 aromatic rings. The minimum atomic E-state index is -0.198. The highest BCUT2D eigenvalue weighted by Gasteiger charge is 2.41. The lowest BCUT2D eigenvalue weighted by Gasteiger charge is -2.39. The molecule has 2 heterocycles. The minimum Gasteiger partial charge on any atom is -0.352 e. The molecular formula is C22H39N5O2. The topological polar surface area (TPSA) is 77.0 Å². The van der Waals surface area contributed by atoms with Crippen molar-refractivity contribution in [2.24, 2.45) is 11.0 Å². The maximum Gasteiger partial charge on any atom is 0.248 e. The third kappa shape index (κ3) is 6.84. The van der Waals surface area contributed by atoms with Crippen LogP contribution in [0.15, 0.2) is 16.9 Å². The summed E-state index contributed by atoms with van der Waals surface area (Å²) in [5.41, 5.74) is 0.432. The van der Waals surface area contributed by atoms with Gasteiger partial charge in [-0.1, -0.05) is 0 Å². The number of fused-ring (bicyclic) bond motifs is 2. The third-order valence-corrected chi connectivity index (χ3v) is 5.75. The number of nitrogens with one attached hydrogen (secondary N) is 2. The largest absolute Gasteiger partial charge is 0.352 e. The first-order chi connectivity index (χ1) is 13.5. The van der Waals surface area contributed by atoms with Crippen LogP contribution in [0.25, 0.3) is 0 Å². The number of carbonyl (C=O) groups excluding carboxylic acids is 2. The highest BCUT2D eigenvalue weighted by atomic mass is 16.2. The van der Waals surface area contributed by atoms with Crippen LogP contribution in [-0.4, -0.2) is 65.2 Å². The fourth-order valence-corrected chi connectivity index (χ4v) is 4.42. The van der Waals surface area contributed by atoms with E-state index in [1.807, 2.05) is 34.6 Å². The summed E-state index contributed by atoms with van der Waals surface area (Å²) < 4.78 is 0. The molecule has 2 aliphatic rings. The standard InChI is InChI=1S/C22H39N5O2/c1-15(2)27(23-7)13-16(3)21(29)24-12-17-10-18-8-9-19(11-17)26(18)14-20(28)25-22(4,5)6/h13,15,17-19H,7-12,14H2,1-6H3,(H,24,29)(H,25,28)/b16-13+/t17-,18-,19+. The Bertz CT molecular complexity index is 624. The third-order valence-electron chi connectivity index (χ3n) is 5.75.